The summed E-state index contributed by atoms with van der Waals surface area (Å²) in [6.07, 6.45) is 2.98. The number of carbonyl (C=O) groups excluding carboxylic acids is 1. The number of hydrogen-bond donors (Lipinski definition) is 2. The third-order valence-corrected chi connectivity index (χ3v) is 2.27. The van der Waals surface area contributed by atoms with Crippen LogP contribution in [0.2, 0.25) is 0 Å². The maximum absolute atomic E-state index is 11.2. The fraction of sp³-hybridized carbons (Fsp3) is 0.875. The topological polar surface area (TPSA) is 58.4 Å². The molecule has 0 saturated carbocycles. The van der Waals surface area contributed by atoms with Gasteiger partial charge in [0, 0.05) is 26.2 Å². The Morgan fingerprint density at radius 2 is 2.25 bits per heavy atom. The summed E-state index contributed by atoms with van der Waals surface area (Å²) in [5, 5.41) is 2.62. The Morgan fingerprint density at radius 3 is 2.92 bits per heavy atom. The number of carbonyl (C=O) groups is 1. The molecule has 1 unspecified atom stereocenters. The molecule has 1 fully saturated rings. The lowest BCUT2D eigenvalue weighted by molar-refractivity contribution is 0.202. The highest BCUT2D eigenvalue weighted by molar-refractivity contribution is 5.73. The number of amides is 2. The minimum absolute atomic E-state index is 0.0177. The van der Waals surface area contributed by atoms with Crippen molar-refractivity contribution in [1.82, 2.24) is 10.2 Å². The number of nitrogens with two attached hydrogens (primary N) is 1. The number of rotatable bonds is 0. The highest BCUT2D eigenvalue weighted by atomic mass is 16.2. The third kappa shape index (κ3) is 2.37. The van der Waals surface area contributed by atoms with E-state index in [1.165, 1.54) is 0 Å². The Kier molecular flexibility index (Phi) is 3.34. The van der Waals surface area contributed by atoms with Gasteiger partial charge >= 0.3 is 6.03 Å². The second-order valence-electron chi connectivity index (χ2n) is 3.23. The summed E-state index contributed by atoms with van der Waals surface area (Å²) in [6, 6.07) is 0.295. The van der Waals surface area contributed by atoms with Crippen LogP contribution < -0.4 is 11.1 Å². The molecule has 12 heavy (non-hydrogen) atoms. The van der Waals surface area contributed by atoms with Crippen LogP contribution in [0.1, 0.15) is 19.3 Å². The molecule has 0 aliphatic carbocycles. The fourth-order valence-electron chi connectivity index (χ4n) is 1.48. The molecular formula is C8H17N3O. The van der Waals surface area contributed by atoms with Gasteiger partial charge in [-0.2, -0.15) is 0 Å². The number of nitrogens with zero attached hydrogens (tertiary/aromatic N) is 1. The maximum atomic E-state index is 11.2. The zero-order chi connectivity index (χ0) is 8.97. The molecule has 1 aliphatic rings. The number of urea groups is 1. The van der Waals surface area contributed by atoms with Gasteiger partial charge in [-0.05, 0) is 19.3 Å². The van der Waals surface area contributed by atoms with Crippen LogP contribution in [0, 0.1) is 0 Å². The van der Waals surface area contributed by atoms with E-state index in [1.54, 1.807) is 7.05 Å². The molecule has 4 heteroatoms. The van der Waals surface area contributed by atoms with Gasteiger partial charge in [-0.25, -0.2) is 4.79 Å². The summed E-state index contributed by atoms with van der Waals surface area (Å²) < 4.78 is 0. The van der Waals surface area contributed by atoms with Gasteiger partial charge in [0.2, 0.25) is 0 Å². The Hall–Kier alpha value is -0.770. The molecule has 1 heterocycles. The zero-order valence-corrected chi connectivity index (χ0v) is 7.55. The first-order valence-corrected chi connectivity index (χ1v) is 4.46. The molecule has 0 spiro atoms. The average Bonchev–Trinajstić information content (AvgIpc) is 2.29. The van der Waals surface area contributed by atoms with Crippen molar-refractivity contribution in [3.05, 3.63) is 0 Å². The van der Waals surface area contributed by atoms with Crippen LogP contribution in [-0.2, 0) is 0 Å². The molecular weight excluding hydrogens is 154 g/mol. The molecule has 0 aromatic heterocycles. The van der Waals surface area contributed by atoms with E-state index in [9.17, 15) is 4.79 Å². The van der Waals surface area contributed by atoms with Crippen molar-refractivity contribution in [3.63, 3.8) is 0 Å². The van der Waals surface area contributed by atoms with Gasteiger partial charge in [0.25, 0.3) is 0 Å². The van der Waals surface area contributed by atoms with E-state index in [-0.39, 0.29) is 12.1 Å². The molecule has 0 aromatic carbocycles. The van der Waals surface area contributed by atoms with E-state index in [2.05, 4.69) is 5.32 Å². The molecule has 3 N–H and O–H groups in total. The predicted molar refractivity (Wildman–Crippen MR) is 47.9 cm³/mol. The largest absolute Gasteiger partial charge is 0.341 e. The van der Waals surface area contributed by atoms with Crippen LogP contribution >= 0.6 is 0 Å². The minimum Gasteiger partial charge on any atom is -0.341 e. The Balaban J connectivity index is 2.40. The van der Waals surface area contributed by atoms with Crippen LogP contribution in [0.4, 0.5) is 4.79 Å². The summed E-state index contributed by atoms with van der Waals surface area (Å²) in [4.78, 5) is 13.0. The quantitative estimate of drug-likeness (QED) is 0.544. The van der Waals surface area contributed by atoms with E-state index < -0.39 is 0 Å². The minimum atomic E-state index is 0.0177. The van der Waals surface area contributed by atoms with Crippen molar-refractivity contribution in [1.29, 1.82) is 0 Å². The lowest BCUT2D eigenvalue weighted by Gasteiger charge is -2.19. The Labute approximate surface area is 73.1 Å². The van der Waals surface area contributed by atoms with E-state index in [4.69, 9.17) is 5.73 Å². The molecule has 2 amide bonds. The summed E-state index contributed by atoms with van der Waals surface area (Å²) in [6.45, 7) is 1.63. The van der Waals surface area contributed by atoms with Crippen molar-refractivity contribution >= 4 is 6.03 Å². The molecule has 0 radical (unpaired) electrons. The van der Waals surface area contributed by atoms with E-state index in [1.807, 2.05) is 4.90 Å². The smallest absolute Gasteiger partial charge is 0.317 e. The van der Waals surface area contributed by atoms with Gasteiger partial charge < -0.3 is 16.0 Å². The van der Waals surface area contributed by atoms with Crippen LogP contribution in [0.5, 0.6) is 0 Å². The zero-order valence-electron chi connectivity index (χ0n) is 7.55. The molecule has 4 nitrogen and oxygen atoms in total. The SMILES string of the molecule is CNC(=O)N1CCCC(N)CC1. The average molecular weight is 171 g/mol. The molecule has 0 aromatic rings. The van der Waals surface area contributed by atoms with Gasteiger partial charge in [0.15, 0.2) is 0 Å². The standard InChI is InChI=1S/C8H17N3O/c1-10-8(12)11-5-2-3-7(9)4-6-11/h7H,2-6,9H2,1H3,(H,10,12). The number of hydrogen-bond acceptors (Lipinski definition) is 2. The van der Waals surface area contributed by atoms with E-state index in [0.717, 1.165) is 32.4 Å². The monoisotopic (exact) mass is 171 g/mol. The lowest BCUT2D eigenvalue weighted by atomic mass is 10.1. The molecule has 0 bridgehead atoms. The van der Waals surface area contributed by atoms with Gasteiger partial charge in [-0.15, -0.1) is 0 Å². The molecule has 1 rings (SSSR count). The van der Waals surface area contributed by atoms with Gasteiger partial charge in [0.05, 0.1) is 0 Å². The summed E-state index contributed by atoms with van der Waals surface area (Å²) >= 11 is 0. The number of nitrogens with one attached hydrogen (secondary N) is 1. The first-order valence-electron chi connectivity index (χ1n) is 4.46. The highest BCUT2D eigenvalue weighted by Crippen LogP contribution is 2.08. The third-order valence-electron chi connectivity index (χ3n) is 2.27. The van der Waals surface area contributed by atoms with Crippen molar-refractivity contribution in [2.45, 2.75) is 25.3 Å². The summed E-state index contributed by atoms with van der Waals surface area (Å²) in [5.74, 6) is 0. The normalized spacial score (nSPS) is 24.8. The van der Waals surface area contributed by atoms with E-state index in [0.29, 0.717) is 0 Å². The van der Waals surface area contributed by atoms with Crippen molar-refractivity contribution in [3.8, 4) is 0 Å². The number of likely N-dealkylation sites (tertiary alicyclic amines) is 1. The molecule has 1 saturated heterocycles. The summed E-state index contributed by atoms with van der Waals surface area (Å²) in [5.41, 5.74) is 5.78. The van der Waals surface area contributed by atoms with Gasteiger partial charge in [-0.1, -0.05) is 0 Å². The van der Waals surface area contributed by atoms with Gasteiger partial charge in [-0.3, -0.25) is 0 Å². The molecule has 1 atom stereocenters. The van der Waals surface area contributed by atoms with Crippen LogP contribution in [0.15, 0.2) is 0 Å². The maximum Gasteiger partial charge on any atom is 0.317 e. The van der Waals surface area contributed by atoms with Crippen LogP contribution in [-0.4, -0.2) is 37.1 Å². The van der Waals surface area contributed by atoms with Crippen molar-refractivity contribution < 1.29 is 4.79 Å². The van der Waals surface area contributed by atoms with Crippen LogP contribution in [0.25, 0.3) is 0 Å². The Morgan fingerprint density at radius 1 is 1.50 bits per heavy atom. The molecule has 70 valence electrons. The molecule has 1 aliphatic heterocycles. The second-order valence-corrected chi connectivity index (χ2v) is 3.23. The Bertz CT molecular complexity index is 160. The highest BCUT2D eigenvalue weighted by Gasteiger charge is 2.16. The van der Waals surface area contributed by atoms with E-state index >= 15 is 0 Å². The van der Waals surface area contributed by atoms with Crippen molar-refractivity contribution in [2.24, 2.45) is 5.73 Å². The van der Waals surface area contributed by atoms with Crippen molar-refractivity contribution in [2.75, 3.05) is 20.1 Å². The lowest BCUT2D eigenvalue weighted by Crippen LogP contribution is -2.39. The van der Waals surface area contributed by atoms with Gasteiger partial charge in [0.1, 0.15) is 0 Å². The fourth-order valence-corrected chi connectivity index (χ4v) is 1.48. The first-order chi connectivity index (χ1) is 5.74. The van der Waals surface area contributed by atoms with Crippen LogP contribution in [0.3, 0.4) is 0 Å². The first kappa shape index (κ1) is 9.32. The predicted octanol–water partition coefficient (Wildman–Crippen LogP) is 0.139. The summed E-state index contributed by atoms with van der Waals surface area (Å²) in [7, 11) is 1.66. The second kappa shape index (κ2) is 4.30.